The van der Waals surface area contributed by atoms with Crippen molar-refractivity contribution in [3.63, 3.8) is 0 Å². The summed E-state index contributed by atoms with van der Waals surface area (Å²) in [7, 11) is 0. The van der Waals surface area contributed by atoms with Gasteiger partial charge in [-0.15, -0.1) is 0 Å². The zero-order valence-electron chi connectivity index (χ0n) is 10.1. The highest BCUT2D eigenvalue weighted by atomic mass is 16.4. The molecule has 6 nitrogen and oxygen atoms in total. The Morgan fingerprint density at radius 2 is 2.00 bits per heavy atom. The second-order valence-electron chi connectivity index (χ2n) is 4.06. The Kier molecular flexibility index (Phi) is 2.49. The Hall–Kier alpha value is -2.76. The smallest absolute Gasteiger partial charge is 0.339 e. The van der Waals surface area contributed by atoms with Gasteiger partial charge in [-0.3, -0.25) is 0 Å². The Morgan fingerprint density at radius 1 is 1.26 bits per heavy atom. The highest BCUT2D eigenvalue weighted by Gasteiger charge is 2.20. The Morgan fingerprint density at radius 3 is 2.68 bits per heavy atom. The maximum Gasteiger partial charge on any atom is 0.339 e. The molecule has 1 aromatic carbocycles. The maximum atomic E-state index is 11.5. The summed E-state index contributed by atoms with van der Waals surface area (Å²) in [5, 5.41) is 13.5. The molecule has 0 unspecified atom stereocenters. The van der Waals surface area contributed by atoms with Crippen LogP contribution in [0.1, 0.15) is 16.1 Å². The Balaban J connectivity index is 2.46. The standard InChI is InChI=1S/C13H10N4O2/c1-8-10(12(18)19)11(9-5-3-2-4-6-9)17-13(16-8)14-7-15-17/h2-7H,1H3,(H,18,19). The molecule has 3 aromatic rings. The molecule has 0 spiro atoms. The van der Waals surface area contributed by atoms with Crippen LogP contribution in [-0.4, -0.2) is 30.7 Å². The van der Waals surface area contributed by atoms with Crippen molar-refractivity contribution in [2.45, 2.75) is 6.92 Å². The molecule has 0 amide bonds. The van der Waals surface area contributed by atoms with Crippen molar-refractivity contribution < 1.29 is 9.90 Å². The third-order valence-electron chi connectivity index (χ3n) is 2.87. The van der Waals surface area contributed by atoms with Gasteiger partial charge in [0, 0.05) is 5.56 Å². The van der Waals surface area contributed by atoms with Gasteiger partial charge in [0.05, 0.1) is 11.4 Å². The van der Waals surface area contributed by atoms with Crippen molar-refractivity contribution in [2.24, 2.45) is 0 Å². The summed E-state index contributed by atoms with van der Waals surface area (Å²) >= 11 is 0. The lowest BCUT2D eigenvalue weighted by Gasteiger charge is -2.10. The van der Waals surface area contributed by atoms with Gasteiger partial charge in [0.2, 0.25) is 0 Å². The normalized spacial score (nSPS) is 10.8. The van der Waals surface area contributed by atoms with Gasteiger partial charge in [-0.25, -0.2) is 9.78 Å². The molecule has 1 N–H and O–H groups in total. The van der Waals surface area contributed by atoms with Gasteiger partial charge in [-0.2, -0.15) is 14.6 Å². The van der Waals surface area contributed by atoms with E-state index in [-0.39, 0.29) is 5.56 Å². The van der Waals surface area contributed by atoms with E-state index < -0.39 is 5.97 Å². The zero-order valence-corrected chi connectivity index (χ0v) is 10.1. The summed E-state index contributed by atoms with van der Waals surface area (Å²) in [6, 6.07) is 9.24. The van der Waals surface area contributed by atoms with E-state index in [1.165, 1.54) is 10.8 Å². The number of hydrogen-bond acceptors (Lipinski definition) is 4. The number of aromatic carboxylic acids is 1. The lowest BCUT2D eigenvalue weighted by atomic mass is 10.0. The highest BCUT2D eigenvalue weighted by molar-refractivity contribution is 5.96. The summed E-state index contributed by atoms with van der Waals surface area (Å²) in [4.78, 5) is 19.6. The Bertz CT molecular complexity index is 765. The van der Waals surface area contributed by atoms with Crippen LogP contribution in [0, 0.1) is 6.92 Å². The van der Waals surface area contributed by atoms with Crippen molar-refractivity contribution in [3.8, 4) is 11.3 Å². The summed E-state index contributed by atoms with van der Waals surface area (Å²) < 4.78 is 1.45. The highest BCUT2D eigenvalue weighted by Crippen LogP contribution is 2.25. The van der Waals surface area contributed by atoms with Gasteiger partial charge < -0.3 is 5.11 Å². The van der Waals surface area contributed by atoms with E-state index in [0.29, 0.717) is 17.2 Å². The average molecular weight is 254 g/mol. The lowest BCUT2D eigenvalue weighted by molar-refractivity contribution is 0.0696. The van der Waals surface area contributed by atoms with Crippen molar-refractivity contribution in [1.82, 2.24) is 19.6 Å². The first-order chi connectivity index (χ1) is 9.18. The van der Waals surface area contributed by atoms with Crippen LogP contribution in [0.4, 0.5) is 0 Å². The van der Waals surface area contributed by atoms with Crippen LogP contribution >= 0.6 is 0 Å². The largest absolute Gasteiger partial charge is 0.478 e. The molecule has 3 rings (SSSR count). The summed E-state index contributed by atoms with van der Waals surface area (Å²) in [6.45, 7) is 1.66. The van der Waals surface area contributed by atoms with Gasteiger partial charge in [0.1, 0.15) is 11.9 Å². The molecule has 0 radical (unpaired) electrons. The number of aromatic nitrogens is 4. The third-order valence-corrected chi connectivity index (χ3v) is 2.87. The molecular formula is C13H10N4O2. The molecule has 6 heteroatoms. The molecule has 0 saturated carbocycles. The molecule has 0 aliphatic carbocycles. The van der Waals surface area contributed by atoms with E-state index in [9.17, 15) is 9.90 Å². The van der Waals surface area contributed by atoms with Crippen LogP contribution in [0.3, 0.4) is 0 Å². The minimum absolute atomic E-state index is 0.143. The van der Waals surface area contributed by atoms with Crippen LogP contribution in [-0.2, 0) is 0 Å². The van der Waals surface area contributed by atoms with Crippen molar-refractivity contribution >= 4 is 11.7 Å². The summed E-state index contributed by atoms with van der Waals surface area (Å²) in [5.74, 6) is -0.636. The van der Waals surface area contributed by atoms with Crippen molar-refractivity contribution in [2.75, 3.05) is 0 Å². The molecule has 0 atom stereocenters. The molecule has 19 heavy (non-hydrogen) atoms. The molecule has 0 aliphatic rings. The lowest BCUT2D eigenvalue weighted by Crippen LogP contribution is -2.10. The van der Waals surface area contributed by atoms with Crippen molar-refractivity contribution in [1.29, 1.82) is 0 Å². The first kappa shape index (κ1) is 11.3. The molecule has 2 aromatic heterocycles. The number of benzene rings is 1. The monoisotopic (exact) mass is 254 g/mol. The topological polar surface area (TPSA) is 80.4 Å². The number of carboxylic acids is 1. The van der Waals surface area contributed by atoms with E-state index in [4.69, 9.17) is 0 Å². The van der Waals surface area contributed by atoms with E-state index in [0.717, 1.165) is 5.56 Å². The van der Waals surface area contributed by atoms with Gasteiger partial charge in [0.15, 0.2) is 0 Å². The molecule has 0 saturated heterocycles. The van der Waals surface area contributed by atoms with Gasteiger partial charge in [-0.1, -0.05) is 30.3 Å². The average Bonchev–Trinajstić information content (AvgIpc) is 2.85. The zero-order chi connectivity index (χ0) is 13.4. The maximum absolute atomic E-state index is 11.5. The number of nitrogens with zero attached hydrogens (tertiary/aromatic N) is 4. The minimum atomic E-state index is -1.03. The van der Waals surface area contributed by atoms with E-state index in [1.54, 1.807) is 6.92 Å². The van der Waals surface area contributed by atoms with Crippen molar-refractivity contribution in [3.05, 3.63) is 47.9 Å². The molecule has 2 heterocycles. The van der Waals surface area contributed by atoms with Gasteiger partial charge >= 0.3 is 5.97 Å². The molecule has 0 aliphatic heterocycles. The molecular weight excluding hydrogens is 244 g/mol. The predicted octanol–water partition coefficient (Wildman–Crippen LogP) is 1.80. The van der Waals surface area contributed by atoms with Crippen LogP contribution in [0.5, 0.6) is 0 Å². The second-order valence-corrected chi connectivity index (χ2v) is 4.06. The number of fused-ring (bicyclic) bond motifs is 1. The van der Waals surface area contributed by atoms with Crippen LogP contribution in [0.15, 0.2) is 36.7 Å². The fraction of sp³-hybridized carbons (Fsp3) is 0.0769. The molecule has 0 fully saturated rings. The third kappa shape index (κ3) is 1.74. The number of rotatable bonds is 2. The Labute approximate surface area is 108 Å². The van der Waals surface area contributed by atoms with Crippen LogP contribution in [0.2, 0.25) is 0 Å². The van der Waals surface area contributed by atoms with Crippen LogP contribution in [0.25, 0.3) is 17.0 Å². The predicted molar refractivity (Wildman–Crippen MR) is 67.9 cm³/mol. The van der Waals surface area contributed by atoms with Gasteiger partial charge in [0.25, 0.3) is 5.78 Å². The quantitative estimate of drug-likeness (QED) is 0.754. The molecule has 0 bridgehead atoms. The second kappa shape index (κ2) is 4.16. The first-order valence-corrected chi connectivity index (χ1v) is 5.67. The number of carbonyl (C=O) groups is 1. The van der Waals surface area contributed by atoms with Gasteiger partial charge in [-0.05, 0) is 6.92 Å². The summed E-state index contributed by atoms with van der Waals surface area (Å²) in [5.41, 5.74) is 1.82. The van der Waals surface area contributed by atoms with Crippen LogP contribution < -0.4 is 0 Å². The van der Waals surface area contributed by atoms with E-state index in [2.05, 4.69) is 15.1 Å². The number of aryl methyl sites for hydroxylation is 1. The van der Waals surface area contributed by atoms with E-state index in [1.807, 2.05) is 30.3 Å². The fourth-order valence-corrected chi connectivity index (χ4v) is 2.07. The van der Waals surface area contributed by atoms with E-state index >= 15 is 0 Å². The number of carboxylic acid groups (broad SMARTS) is 1. The number of hydrogen-bond donors (Lipinski definition) is 1. The fourth-order valence-electron chi connectivity index (χ4n) is 2.07. The molecule has 94 valence electrons. The summed E-state index contributed by atoms with van der Waals surface area (Å²) in [6.07, 6.45) is 1.36. The minimum Gasteiger partial charge on any atom is -0.478 e. The SMILES string of the molecule is Cc1nc2ncnn2c(-c2ccccc2)c1C(=O)O. The first-order valence-electron chi connectivity index (χ1n) is 5.67.